The van der Waals surface area contributed by atoms with Crippen LogP contribution >= 0.6 is 0 Å². The molecule has 1 heterocycles. The topological polar surface area (TPSA) is 74.6 Å². The van der Waals surface area contributed by atoms with Crippen LogP contribution in [0.4, 0.5) is 5.69 Å². The smallest absolute Gasteiger partial charge is 0.293 e. The molecule has 1 unspecified atom stereocenters. The Hall–Kier alpha value is -2.60. The first-order chi connectivity index (χ1) is 11.0. The highest BCUT2D eigenvalue weighted by Gasteiger charge is 2.21. The summed E-state index contributed by atoms with van der Waals surface area (Å²) in [5.74, 6) is -0.299. The summed E-state index contributed by atoms with van der Waals surface area (Å²) >= 11 is 0. The molecule has 2 aromatic rings. The summed E-state index contributed by atoms with van der Waals surface area (Å²) < 4.78 is 5.13. The number of para-hydroxylation sites is 1. The van der Waals surface area contributed by atoms with Gasteiger partial charge in [-0.25, -0.2) is 0 Å². The van der Waals surface area contributed by atoms with Crippen LogP contribution in [0.25, 0.3) is 0 Å². The predicted octanol–water partition coefficient (Wildman–Crippen LogP) is 1.89. The van der Waals surface area contributed by atoms with E-state index in [0.717, 1.165) is 0 Å². The highest BCUT2D eigenvalue weighted by Crippen LogP contribution is 2.21. The van der Waals surface area contributed by atoms with Gasteiger partial charge < -0.3 is 20.0 Å². The van der Waals surface area contributed by atoms with Crippen LogP contribution in [-0.4, -0.2) is 38.5 Å². The molecule has 1 aromatic carbocycles. The van der Waals surface area contributed by atoms with Crippen molar-refractivity contribution >= 4 is 17.5 Å². The lowest BCUT2D eigenvalue weighted by Gasteiger charge is -2.20. The first-order valence-corrected chi connectivity index (χ1v) is 7.40. The van der Waals surface area contributed by atoms with Crippen molar-refractivity contribution in [3.05, 3.63) is 54.0 Å². The van der Waals surface area contributed by atoms with Crippen LogP contribution in [0, 0.1) is 0 Å². The van der Waals surface area contributed by atoms with Gasteiger partial charge in [-0.05, 0) is 38.2 Å². The van der Waals surface area contributed by atoms with Gasteiger partial charge in [0.25, 0.3) is 11.8 Å². The van der Waals surface area contributed by atoms with E-state index in [2.05, 4.69) is 10.6 Å². The zero-order chi connectivity index (χ0) is 16.8. The van der Waals surface area contributed by atoms with Gasteiger partial charge in [-0.2, -0.15) is 0 Å². The van der Waals surface area contributed by atoms with E-state index in [1.54, 1.807) is 43.4 Å². The number of anilines is 1. The van der Waals surface area contributed by atoms with Gasteiger partial charge in [0.05, 0.1) is 17.5 Å². The molecule has 122 valence electrons. The maximum absolute atomic E-state index is 12.4. The summed E-state index contributed by atoms with van der Waals surface area (Å²) in [5.41, 5.74) is 0.974. The third kappa shape index (κ3) is 3.98. The Morgan fingerprint density at radius 2 is 1.96 bits per heavy atom. The van der Waals surface area contributed by atoms with Gasteiger partial charge in [0.2, 0.25) is 0 Å². The molecular weight excluding hydrogens is 294 g/mol. The molecule has 0 fully saturated rings. The van der Waals surface area contributed by atoms with Gasteiger partial charge >= 0.3 is 0 Å². The molecule has 0 aliphatic heterocycles. The van der Waals surface area contributed by atoms with Crippen molar-refractivity contribution in [1.82, 2.24) is 10.6 Å². The Bertz CT molecular complexity index is 667. The standard InChI is InChI=1S/C17H21N3O3/c1-12(18-2)11-19-16(21)13-7-4-5-8-14(13)20(3)17(22)15-9-6-10-23-15/h4-10,12,18H,11H2,1-3H3,(H,19,21). The number of likely N-dealkylation sites (N-methyl/N-ethyl adjacent to an activating group) is 1. The molecule has 0 saturated heterocycles. The lowest BCUT2D eigenvalue weighted by Crippen LogP contribution is -2.38. The third-order valence-corrected chi connectivity index (χ3v) is 3.61. The molecule has 1 atom stereocenters. The largest absolute Gasteiger partial charge is 0.459 e. The Balaban J connectivity index is 2.20. The zero-order valence-corrected chi connectivity index (χ0v) is 13.5. The van der Waals surface area contributed by atoms with E-state index in [4.69, 9.17) is 4.42 Å². The molecule has 0 spiro atoms. The maximum Gasteiger partial charge on any atom is 0.293 e. The molecule has 0 aliphatic rings. The van der Waals surface area contributed by atoms with Crippen LogP contribution in [0.3, 0.4) is 0 Å². The quantitative estimate of drug-likeness (QED) is 0.854. The SMILES string of the molecule is CNC(C)CNC(=O)c1ccccc1N(C)C(=O)c1ccco1. The summed E-state index contributed by atoms with van der Waals surface area (Å²) in [4.78, 5) is 26.2. The summed E-state index contributed by atoms with van der Waals surface area (Å²) in [6.07, 6.45) is 1.44. The van der Waals surface area contributed by atoms with Crippen molar-refractivity contribution in [1.29, 1.82) is 0 Å². The minimum Gasteiger partial charge on any atom is -0.459 e. The van der Waals surface area contributed by atoms with E-state index in [9.17, 15) is 9.59 Å². The minimum atomic E-state index is -0.307. The lowest BCUT2D eigenvalue weighted by atomic mass is 10.1. The minimum absolute atomic E-state index is 0.161. The average Bonchev–Trinajstić information content (AvgIpc) is 3.12. The fraction of sp³-hybridized carbons (Fsp3) is 0.294. The fourth-order valence-corrected chi connectivity index (χ4v) is 2.08. The second-order valence-corrected chi connectivity index (χ2v) is 5.26. The van der Waals surface area contributed by atoms with Crippen LogP contribution in [0.1, 0.15) is 27.8 Å². The van der Waals surface area contributed by atoms with Gasteiger partial charge in [0.1, 0.15) is 0 Å². The van der Waals surface area contributed by atoms with Crippen LogP contribution < -0.4 is 15.5 Å². The summed E-state index contributed by atoms with van der Waals surface area (Å²) in [5, 5.41) is 5.91. The number of carbonyl (C=O) groups is 2. The summed E-state index contributed by atoms with van der Waals surface area (Å²) in [6, 6.07) is 10.4. The van der Waals surface area contributed by atoms with Crippen LogP contribution in [0.2, 0.25) is 0 Å². The number of nitrogens with zero attached hydrogens (tertiary/aromatic N) is 1. The molecule has 2 N–H and O–H groups in total. The van der Waals surface area contributed by atoms with E-state index in [-0.39, 0.29) is 23.6 Å². The van der Waals surface area contributed by atoms with Gasteiger partial charge in [0.15, 0.2) is 5.76 Å². The van der Waals surface area contributed by atoms with Crippen molar-refractivity contribution in [2.24, 2.45) is 0 Å². The number of nitrogens with one attached hydrogen (secondary N) is 2. The molecule has 2 rings (SSSR count). The van der Waals surface area contributed by atoms with Crippen LogP contribution in [0.5, 0.6) is 0 Å². The lowest BCUT2D eigenvalue weighted by molar-refractivity contribution is 0.0950. The second-order valence-electron chi connectivity index (χ2n) is 5.26. The van der Waals surface area contributed by atoms with Crippen molar-refractivity contribution in [2.75, 3.05) is 25.5 Å². The number of furan rings is 1. The predicted molar refractivity (Wildman–Crippen MR) is 88.7 cm³/mol. The van der Waals surface area contributed by atoms with E-state index in [0.29, 0.717) is 17.8 Å². The first-order valence-electron chi connectivity index (χ1n) is 7.40. The third-order valence-electron chi connectivity index (χ3n) is 3.61. The summed E-state index contributed by atoms with van der Waals surface area (Å²) in [6.45, 7) is 2.47. The number of hydrogen-bond acceptors (Lipinski definition) is 4. The number of carbonyl (C=O) groups excluding carboxylic acids is 2. The Morgan fingerprint density at radius 1 is 1.22 bits per heavy atom. The van der Waals surface area contributed by atoms with Gasteiger partial charge in [-0.15, -0.1) is 0 Å². The molecule has 0 bridgehead atoms. The average molecular weight is 315 g/mol. The van der Waals surface area contributed by atoms with Crippen LogP contribution in [0.15, 0.2) is 47.1 Å². The molecule has 0 saturated carbocycles. The zero-order valence-electron chi connectivity index (χ0n) is 13.5. The van der Waals surface area contributed by atoms with Crippen molar-refractivity contribution in [2.45, 2.75) is 13.0 Å². The number of hydrogen-bond donors (Lipinski definition) is 2. The van der Waals surface area contributed by atoms with E-state index in [1.807, 2.05) is 14.0 Å². The molecule has 6 heteroatoms. The molecular formula is C17H21N3O3. The number of rotatable bonds is 6. The molecule has 1 aromatic heterocycles. The molecule has 0 radical (unpaired) electrons. The highest BCUT2D eigenvalue weighted by molar-refractivity contribution is 6.09. The van der Waals surface area contributed by atoms with Gasteiger partial charge in [0, 0.05) is 19.6 Å². The second kappa shape index (κ2) is 7.60. The molecule has 23 heavy (non-hydrogen) atoms. The van der Waals surface area contributed by atoms with Gasteiger partial charge in [-0.3, -0.25) is 9.59 Å². The Morgan fingerprint density at radius 3 is 2.61 bits per heavy atom. The molecule has 2 amide bonds. The van der Waals surface area contributed by atoms with E-state index in [1.165, 1.54) is 11.2 Å². The normalized spacial score (nSPS) is 11.8. The molecule has 6 nitrogen and oxygen atoms in total. The first kappa shape index (κ1) is 16.8. The highest BCUT2D eigenvalue weighted by atomic mass is 16.3. The van der Waals surface area contributed by atoms with E-state index >= 15 is 0 Å². The Kier molecular flexibility index (Phi) is 5.54. The van der Waals surface area contributed by atoms with Crippen LogP contribution in [-0.2, 0) is 0 Å². The van der Waals surface area contributed by atoms with Crippen molar-refractivity contribution in [3.63, 3.8) is 0 Å². The van der Waals surface area contributed by atoms with Gasteiger partial charge in [-0.1, -0.05) is 12.1 Å². The molecule has 0 aliphatic carbocycles. The van der Waals surface area contributed by atoms with E-state index < -0.39 is 0 Å². The fourth-order valence-electron chi connectivity index (χ4n) is 2.08. The maximum atomic E-state index is 12.4. The van der Waals surface area contributed by atoms with Crippen molar-refractivity contribution in [3.8, 4) is 0 Å². The summed E-state index contributed by atoms with van der Waals surface area (Å²) in [7, 11) is 3.45. The number of benzene rings is 1. The number of amides is 2. The monoisotopic (exact) mass is 315 g/mol. The van der Waals surface area contributed by atoms with Crippen molar-refractivity contribution < 1.29 is 14.0 Å². The Labute approximate surface area is 135 Å².